The van der Waals surface area contributed by atoms with Crippen LogP contribution in [0.2, 0.25) is 5.02 Å². The molecule has 3 heteroatoms. The summed E-state index contributed by atoms with van der Waals surface area (Å²) in [5, 5.41) is 0.158. The maximum atomic E-state index is 13.0. The Morgan fingerprint density at radius 1 is 1.50 bits per heavy atom. The van der Waals surface area contributed by atoms with Crippen LogP contribution >= 0.6 is 11.6 Å². The van der Waals surface area contributed by atoms with Gasteiger partial charge in [-0.3, -0.25) is 4.79 Å². The maximum absolute atomic E-state index is 13.0. The molecule has 2 rings (SSSR count). The second kappa shape index (κ2) is 4.17. The van der Waals surface area contributed by atoms with Crippen LogP contribution in [0.15, 0.2) is 18.2 Å². The summed E-state index contributed by atoms with van der Waals surface area (Å²) in [7, 11) is 0. The van der Waals surface area contributed by atoms with Crippen LogP contribution in [0.1, 0.15) is 31.7 Å². The lowest BCUT2D eigenvalue weighted by Crippen LogP contribution is -2.15. The van der Waals surface area contributed by atoms with Gasteiger partial charge in [-0.2, -0.15) is 0 Å². The number of hydrogen-bond donors (Lipinski definition) is 0. The highest BCUT2D eigenvalue weighted by molar-refractivity contribution is 6.30. The Morgan fingerprint density at radius 2 is 2.25 bits per heavy atom. The minimum Gasteiger partial charge on any atom is -0.300 e. The Morgan fingerprint density at radius 3 is 2.81 bits per heavy atom. The van der Waals surface area contributed by atoms with E-state index in [9.17, 15) is 9.18 Å². The number of carbonyl (C=O) groups is 1. The molecule has 1 atom stereocenters. The second-order valence-corrected chi connectivity index (χ2v) is 5.36. The number of benzene rings is 1. The highest BCUT2D eigenvalue weighted by Crippen LogP contribution is 2.38. The number of Topliss-reactive ketones (excluding diaryl/α,β-unsaturated/α-hetero) is 1. The summed E-state index contributed by atoms with van der Waals surface area (Å²) in [6.07, 6.45) is 3.01. The van der Waals surface area contributed by atoms with Crippen LogP contribution in [-0.2, 0) is 11.2 Å². The van der Waals surface area contributed by atoms with Crippen molar-refractivity contribution in [3.05, 3.63) is 34.6 Å². The predicted molar refractivity (Wildman–Crippen MR) is 62.1 cm³/mol. The van der Waals surface area contributed by atoms with E-state index in [0.29, 0.717) is 18.6 Å². The molecule has 1 fully saturated rings. The van der Waals surface area contributed by atoms with Crippen LogP contribution in [0.3, 0.4) is 0 Å². The van der Waals surface area contributed by atoms with Crippen molar-refractivity contribution in [1.29, 1.82) is 0 Å². The number of rotatable bonds is 2. The third kappa shape index (κ3) is 2.43. The van der Waals surface area contributed by atoms with Crippen molar-refractivity contribution < 1.29 is 9.18 Å². The zero-order chi connectivity index (χ0) is 11.8. The summed E-state index contributed by atoms with van der Waals surface area (Å²) >= 11 is 5.73. The maximum Gasteiger partial charge on any atom is 0.141 e. The standard InChI is InChI=1S/C13H14ClFO/c1-13(5-4-10(16)8-13)7-9-2-3-12(15)11(14)6-9/h2-3,6H,4-5,7-8H2,1H3. The van der Waals surface area contributed by atoms with E-state index in [-0.39, 0.29) is 10.4 Å². The lowest BCUT2D eigenvalue weighted by atomic mass is 9.82. The van der Waals surface area contributed by atoms with Gasteiger partial charge < -0.3 is 0 Å². The van der Waals surface area contributed by atoms with Gasteiger partial charge in [-0.1, -0.05) is 24.6 Å². The summed E-state index contributed by atoms with van der Waals surface area (Å²) in [5.74, 6) is -0.0613. The first-order valence-electron chi connectivity index (χ1n) is 5.44. The van der Waals surface area contributed by atoms with Crippen molar-refractivity contribution in [2.75, 3.05) is 0 Å². The molecule has 1 unspecified atom stereocenters. The third-order valence-corrected chi connectivity index (χ3v) is 3.54. The molecule has 0 heterocycles. The molecule has 0 amide bonds. The molecule has 0 aromatic heterocycles. The lowest BCUT2D eigenvalue weighted by molar-refractivity contribution is -0.117. The van der Waals surface area contributed by atoms with Crippen LogP contribution < -0.4 is 0 Å². The number of halogens is 2. The van der Waals surface area contributed by atoms with Crippen LogP contribution in [-0.4, -0.2) is 5.78 Å². The first-order valence-corrected chi connectivity index (χ1v) is 5.82. The van der Waals surface area contributed by atoms with Crippen LogP contribution in [0, 0.1) is 11.2 Å². The van der Waals surface area contributed by atoms with Gasteiger partial charge in [-0.15, -0.1) is 0 Å². The Kier molecular flexibility index (Phi) is 3.02. The van der Waals surface area contributed by atoms with Gasteiger partial charge in [0.2, 0.25) is 0 Å². The smallest absolute Gasteiger partial charge is 0.141 e. The number of hydrogen-bond acceptors (Lipinski definition) is 1. The van der Waals surface area contributed by atoms with Gasteiger partial charge in [0, 0.05) is 12.8 Å². The quantitative estimate of drug-likeness (QED) is 0.769. The molecule has 1 aliphatic carbocycles. The molecule has 0 bridgehead atoms. The zero-order valence-corrected chi connectivity index (χ0v) is 9.98. The van der Waals surface area contributed by atoms with Crippen molar-refractivity contribution >= 4 is 17.4 Å². The van der Waals surface area contributed by atoms with Crippen LogP contribution in [0.4, 0.5) is 4.39 Å². The fraction of sp³-hybridized carbons (Fsp3) is 0.462. The van der Waals surface area contributed by atoms with E-state index in [4.69, 9.17) is 11.6 Å². The van der Waals surface area contributed by atoms with Gasteiger partial charge in [0.05, 0.1) is 5.02 Å². The van der Waals surface area contributed by atoms with Crippen molar-refractivity contribution in [1.82, 2.24) is 0 Å². The normalized spacial score (nSPS) is 25.1. The minimum absolute atomic E-state index is 0.0260. The first-order chi connectivity index (χ1) is 7.48. The van der Waals surface area contributed by atoms with Crippen molar-refractivity contribution in [2.45, 2.75) is 32.6 Å². The SMILES string of the molecule is CC1(Cc2ccc(F)c(Cl)c2)CCC(=O)C1. The summed E-state index contributed by atoms with van der Waals surface area (Å²) in [5.41, 5.74) is 1.03. The predicted octanol–water partition coefficient (Wildman–Crippen LogP) is 3.78. The molecule has 1 aromatic rings. The highest BCUT2D eigenvalue weighted by atomic mass is 35.5. The molecule has 1 nitrogen and oxygen atoms in total. The molecular weight excluding hydrogens is 227 g/mol. The molecule has 86 valence electrons. The van der Waals surface area contributed by atoms with E-state index in [0.717, 1.165) is 18.4 Å². The zero-order valence-electron chi connectivity index (χ0n) is 9.22. The van der Waals surface area contributed by atoms with E-state index in [2.05, 4.69) is 6.92 Å². The molecule has 0 spiro atoms. The average Bonchev–Trinajstić information content (AvgIpc) is 2.52. The van der Waals surface area contributed by atoms with E-state index in [1.54, 1.807) is 12.1 Å². The molecule has 1 aromatic carbocycles. The second-order valence-electron chi connectivity index (χ2n) is 4.95. The van der Waals surface area contributed by atoms with Crippen LogP contribution in [0.5, 0.6) is 0 Å². The third-order valence-electron chi connectivity index (χ3n) is 3.25. The Labute approximate surface area is 99.6 Å². The largest absolute Gasteiger partial charge is 0.300 e. The molecule has 0 radical (unpaired) electrons. The minimum atomic E-state index is -0.391. The van der Waals surface area contributed by atoms with E-state index in [1.807, 2.05) is 0 Å². The molecule has 16 heavy (non-hydrogen) atoms. The number of carbonyl (C=O) groups excluding carboxylic acids is 1. The van der Waals surface area contributed by atoms with Crippen molar-refractivity contribution in [2.24, 2.45) is 5.41 Å². The van der Waals surface area contributed by atoms with Gasteiger partial charge in [0.1, 0.15) is 11.6 Å². The monoisotopic (exact) mass is 240 g/mol. The molecule has 0 N–H and O–H groups in total. The van der Waals surface area contributed by atoms with Crippen molar-refractivity contribution in [3.8, 4) is 0 Å². The molecule has 0 saturated heterocycles. The molecular formula is C13H14ClFO. The summed E-state index contributed by atoms with van der Waals surface area (Å²) in [4.78, 5) is 11.3. The topological polar surface area (TPSA) is 17.1 Å². The summed E-state index contributed by atoms with van der Waals surface area (Å²) in [6, 6.07) is 4.79. The van der Waals surface area contributed by atoms with Crippen LogP contribution in [0.25, 0.3) is 0 Å². The Balaban J connectivity index is 2.14. The van der Waals surface area contributed by atoms with E-state index in [1.165, 1.54) is 6.07 Å². The van der Waals surface area contributed by atoms with Gasteiger partial charge >= 0.3 is 0 Å². The van der Waals surface area contributed by atoms with Gasteiger partial charge in [-0.25, -0.2) is 4.39 Å². The fourth-order valence-electron chi connectivity index (χ4n) is 2.39. The fourth-order valence-corrected chi connectivity index (χ4v) is 2.59. The summed E-state index contributed by atoms with van der Waals surface area (Å²) in [6.45, 7) is 2.11. The van der Waals surface area contributed by atoms with E-state index < -0.39 is 5.82 Å². The Bertz CT molecular complexity index is 430. The highest BCUT2D eigenvalue weighted by Gasteiger charge is 2.33. The molecule has 1 saturated carbocycles. The van der Waals surface area contributed by atoms with E-state index >= 15 is 0 Å². The molecule has 1 aliphatic rings. The van der Waals surface area contributed by atoms with Gasteiger partial charge in [-0.05, 0) is 36.0 Å². The Hall–Kier alpha value is -0.890. The average molecular weight is 241 g/mol. The number of ketones is 1. The summed E-state index contributed by atoms with van der Waals surface area (Å²) < 4.78 is 13.0. The molecule has 0 aliphatic heterocycles. The van der Waals surface area contributed by atoms with Gasteiger partial charge in [0.25, 0.3) is 0 Å². The lowest BCUT2D eigenvalue weighted by Gasteiger charge is -2.22. The first kappa shape index (κ1) is 11.6. The van der Waals surface area contributed by atoms with Gasteiger partial charge in [0.15, 0.2) is 0 Å². The van der Waals surface area contributed by atoms with Crippen molar-refractivity contribution in [3.63, 3.8) is 0 Å².